The summed E-state index contributed by atoms with van der Waals surface area (Å²) in [6.07, 6.45) is 0.351. The van der Waals surface area contributed by atoms with Crippen molar-refractivity contribution in [3.63, 3.8) is 0 Å². The van der Waals surface area contributed by atoms with Crippen LogP contribution in [0.3, 0.4) is 0 Å². The predicted octanol–water partition coefficient (Wildman–Crippen LogP) is 1.92. The number of aliphatic hydroxyl groups is 1. The lowest BCUT2D eigenvalue weighted by Gasteiger charge is -2.29. The molecule has 0 aliphatic heterocycles. The van der Waals surface area contributed by atoms with E-state index in [1.165, 1.54) is 0 Å². The molecule has 2 atom stereocenters. The van der Waals surface area contributed by atoms with Gasteiger partial charge in [-0.2, -0.15) is 0 Å². The fraction of sp³-hybridized carbons (Fsp3) is 1.00. The van der Waals surface area contributed by atoms with Crippen molar-refractivity contribution in [1.29, 1.82) is 0 Å². The van der Waals surface area contributed by atoms with Gasteiger partial charge in [0.15, 0.2) is 0 Å². The van der Waals surface area contributed by atoms with E-state index < -0.39 is 11.5 Å². The normalized spacial score (nSPS) is 29.1. The van der Waals surface area contributed by atoms with Crippen LogP contribution >= 0.6 is 0 Å². The van der Waals surface area contributed by atoms with Crippen LogP contribution in [-0.2, 0) is 0 Å². The Balaban J connectivity index is 2.40. The molecule has 1 rings (SSSR count). The molecule has 0 bridgehead atoms. The highest BCUT2D eigenvalue weighted by molar-refractivity contribution is 4.90. The van der Waals surface area contributed by atoms with Gasteiger partial charge in [-0.3, -0.25) is 0 Å². The summed E-state index contributed by atoms with van der Waals surface area (Å²) >= 11 is 0. The van der Waals surface area contributed by atoms with Gasteiger partial charge in [-0.25, -0.2) is 8.78 Å². The van der Waals surface area contributed by atoms with Gasteiger partial charge in [0.05, 0.1) is 5.60 Å². The van der Waals surface area contributed by atoms with E-state index >= 15 is 0 Å². The Hall–Kier alpha value is -0.220. The quantitative estimate of drug-likeness (QED) is 0.741. The first-order valence-corrected chi connectivity index (χ1v) is 5.07. The first kappa shape index (κ1) is 11.9. The zero-order valence-electron chi connectivity index (χ0n) is 8.98. The number of nitrogens with one attached hydrogen (secondary N) is 1. The van der Waals surface area contributed by atoms with Crippen LogP contribution in [0.1, 0.15) is 40.0 Å². The van der Waals surface area contributed by atoms with Crippen molar-refractivity contribution in [3.05, 3.63) is 0 Å². The molecule has 0 aromatic rings. The molecular formula is C10H19F2NO. The summed E-state index contributed by atoms with van der Waals surface area (Å²) in [4.78, 5) is 0. The minimum absolute atomic E-state index is 0.0384. The van der Waals surface area contributed by atoms with E-state index in [4.69, 9.17) is 0 Å². The second-order valence-electron chi connectivity index (χ2n) is 4.84. The lowest BCUT2D eigenvalue weighted by molar-refractivity contribution is 0.00268. The Kier molecular flexibility index (Phi) is 3.17. The molecule has 0 amide bonds. The van der Waals surface area contributed by atoms with Gasteiger partial charge in [-0.05, 0) is 27.2 Å². The molecule has 1 aliphatic rings. The highest BCUT2D eigenvalue weighted by Gasteiger charge is 2.40. The number of hydrogen-bond donors (Lipinski definition) is 2. The fourth-order valence-electron chi connectivity index (χ4n) is 1.65. The zero-order valence-corrected chi connectivity index (χ0v) is 8.98. The first-order chi connectivity index (χ1) is 6.21. The van der Waals surface area contributed by atoms with Crippen LogP contribution in [-0.4, -0.2) is 28.7 Å². The lowest BCUT2D eigenvalue weighted by Crippen LogP contribution is -2.48. The van der Waals surface area contributed by atoms with E-state index in [2.05, 4.69) is 5.32 Å². The topological polar surface area (TPSA) is 32.3 Å². The monoisotopic (exact) mass is 207 g/mol. The van der Waals surface area contributed by atoms with Crippen LogP contribution in [0.25, 0.3) is 0 Å². The molecule has 0 aromatic heterocycles. The summed E-state index contributed by atoms with van der Waals surface area (Å²) in [5.41, 5.74) is -0.863. The molecule has 0 saturated heterocycles. The third kappa shape index (κ3) is 3.17. The standard InChI is InChI=1S/C10H19F2NO/c1-7(9(2,3)14)13-8-4-5-10(11,12)6-8/h7-8,13-14H,4-6H2,1-3H3. The Labute approximate surface area is 83.7 Å². The van der Waals surface area contributed by atoms with Gasteiger partial charge in [0.2, 0.25) is 5.92 Å². The Morgan fingerprint density at radius 3 is 2.43 bits per heavy atom. The lowest BCUT2D eigenvalue weighted by atomic mass is 9.99. The van der Waals surface area contributed by atoms with E-state index in [1.807, 2.05) is 6.92 Å². The van der Waals surface area contributed by atoms with Crippen LogP contribution in [0.5, 0.6) is 0 Å². The van der Waals surface area contributed by atoms with Crippen molar-refractivity contribution in [2.45, 2.75) is 63.6 Å². The summed E-state index contributed by atoms with van der Waals surface area (Å²) in [6.45, 7) is 5.17. The minimum Gasteiger partial charge on any atom is -0.389 e. The maximum absolute atomic E-state index is 12.8. The molecule has 1 fully saturated rings. The summed E-state index contributed by atoms with van der Waals surface area (Å²) in [6, 6.07) is -0.326. The molecule has 0 radical (unpaired) electrons. The molecule has 0 spiro atoms. The number of rotatable bonds is 3. The fourth-order valence-corrected chi connectivity index (χ4v) is 1.65. The maximum Gasteiger partial charge on any atom is 0.249 e. The third-order valence-corrected chi connectivity index (χ3v) is 2.95. The van der Waals surface area contributed by atoms with Crippen molar-refractivity contribution >= 4 is 0 Å². The predicted molar refractivity (Wildman–Crippen MR) is 51.5 cm³/mol. The third-order valence-electron chi connectivity index (χ3n) is 2.95. The zero-order chi connectivity index (χ0) is 11.0. The molecule has 1 aliphatic carbocycles. The molecule has 2 unspecified atom stereocenters. The molecule has 0 heterocycles. The van der Waals surface area contributed by atoms with Gasteiger partial charge in [-0.1, -0.05) is 0 Å². The summed E-state index contributed by atoms with van der Waals surface area (Å²) in [5, 5.41) is 12.7. The van der Waals surface area contributed by atoms with Crippen LogP contribution in [0.2, 0.25) is 0 Å². The largest absolute Gasteiger partial charge is 0.389 e. The van der Waals surface area contributed by atoms with Crippen molar-refractivity contribution in [2.24, 2.45) is 0 Å². The van der Waals surface area contributed by atoms with Gasteiger partial charge in [0, 0.05) is 24.9 Å². The maximum atomic E-state index is 12.8. The molecule has 84 valence electrons. The Morgan fingerprint density at radius 1 is 1.50 bits per heavy atom. The van der Waals surface area contributed by atoms with Crippen LogP contribution in [0.4, 0.5) is 8.78 Å². The van der Waals surface area contributed by atoms with Crippen LogP contribution in [0.15, 0.2) is 0 Å². The first-order valence-electron chi connectivity index (χ1n) is 5.07. The smallest absolute Gasteiger partial charge is 0.249 e. The van der Waals surface area contributed by atoms with E-state index in [9.17, 15) is 13.9 Å². The van der Waals surface area contributed by atoms with Crippen molar-refractivity contribution in [2.75, 3.05) is 0 Å². The second-order valence-corrected chi connectivity index (χ2v) is 4.84. The molecule has 2 nitrogen and oxygen atoms in total. The van der Waals surface area contributed by atoms with Crippen LogP contribution in [0, 0.1) is 0 Å². The molecule has 2 N–H and O–H groups in total. The van der Waals surface area contributed by atoms with Crippen molar-refractivity contribution < 1.29 is 13.9 Å². The summed E-state index contributed by atoms with van der Waals surface area (Å²) in [7, 11) is 0. The molecule has 0 aromatic carbocycles. The van der Waals surface area contributed by atoms with E-state index in [-0.39, 0.29) is 24.9 Å². The van der Waals surface area contributed by atoms with Gasteiger partial charge < -0.3 is 10.4 Å². The van der Waals surface area contributed by atoms with E-state index in [1.54, 1.807) is 13.8 Å². The van der Waals surface area contributed by atoms with Gasteiger partial charge in [-0.15, -0.1) is 0 Å². The number of hydrogen-bond acceptors (Lipinski definition) is 2. The summed E-state index contributed by atoms with van der Waals surface area (Å²) in [5.74, 6) is -2.52. The Bertz CT molecular complexity index is 201. The molecule has 14 heavy (non-hydrogen) atoms. The molecular weight excluding hydrogens is 188 g/mol. The summed E-state index contributed by atoms with van der Waals surface area (Å²) < 4.78 is 25.7. The van der Waals surface area contributed by atoms with E-state index in [0.29, 0.717) is 6.42 Å². The Morgan fingerprint density at radius 2 is 2.07 bits per heavy atom. The number of halogens is 2. The molecule has 1 saturated carbocycles. The van der Waals surface area contributed by atoms with Gasteiger partial charge in [0.1, 0.15) is 0 Å². The molecule has 4 heteroatoms. The highest BCUT2D eigenvalue weighted by atomic mass is 19.3. The minimum atomic E-state index is -2.52. The van der Waals surface area contributed by atoms with Crippen LogP contribution < -0.4 is 5.32 Å². The van der Waals surface area contributed by atoms with Crippen molar-refractivity contribution in [1.82, 2.24) is 5.32 Å². The highest BCUT2D eigenvalue weighted by Crippen LogP contribution is 2.35. The second kappa shape index (κ2) is 3.74. The number of alkyl halides is 2. The van der Waals surface area contributed by atoms with E-state index in [0.717, 1.165) is 0 Å². The van der Waals surface area contributed by atoms with Gasteiger partial charge >= 0.3 is 0 Å². The van der Waals surface area contributed by atoms with Gasteiger partial charge in [0.25, 0.3) is 0 Å². The van der Waals surface area contributed by atoms with Crippen molar-refractivity contribution in [3.8, 4) is 0 Å². The SMILES string of the molecule is CC(NC1CCC(F)(F)C1)C(C)(C)O. The average molecular weight is 207 g/mol. The average Bonchev–Trinajstić information content (AvgIpc) is 2.28.